The Morgan fingerprint density at radius 3 is 2.71 bits per heavy atom. The van der Waals surface area contributed by atoms with E-state index >= 15 is 0 Å². The third-order valence-corrected chi connectivity index (χ3v) is 3.61. The second-order valence-electron chi connectivity index (χ2n) is 5.27. The average molecular weight is 287 g/mol. The van der Waals surface area contributed by atoms with Crippen LogP contribution in [-0.4, -0.2) is 15.6 Å². The van der Waals surface area contributed by atoms with Gasteiger partial charge in [-0.1, -0.05) is 43.7 Å². The number of carboxylic acids is 1. The molecule has 4 nitrogen and oxygen atoms in total. The molecule has 1 aromatic carbocycles. The molecule has 0 aliphatic carbocycles. The zero-order valence-electron chi connectivity index (χ0n) is 12.5. The Balaban J connectivity index is 2.17. The maximum Gasteiger partial charge on any atom is 0.307 e. The Kier molecular flexibility index (Phi) is 5.55. The van der Waals surface area contributed by atoms with Crippen molar-refractivity contribution in [1.82, 2.24) is 4.57 Å². The number of rotatable bonds is 8. The van der Waals surface area contributed by atoms with Gasteiger partial charge in [-0.05, 0) is 12.0 Å². The summed E-state index contributed by atoms with van der Waals surface area (Å²) in [5, 5.41) is 8.86. The summed E-state index contributed by atoms with van der Waals surface area (Å²) in [6.45, 7) is 3.54. The second-order valence-corrected chi connectivity index (χ2v) is 5.27. The standard InChI is InChI=1S/C17H22N2O2/c1-2-3-9-16-18(11-10-17(20)21)12-13-19(16)14-15-7-5-4-6-8-15/h4-8,12-13H,2-3,9-11,14H2,1H3/p+1. The monoisotopic (exact) mass is 287 g/mol. The van der Waals surface area contributed by atoms with Gasteiger partial charge in [-0.3, -0.25) is 4.79 Å². The van der Waals surface area contributed by atoms with Gasteiger partial charge in [-0.25, -0.2) is 9.13 Å². The molecular formula is C17H23N2O2+. The van der Waals surface area contributed by atoms with Crippen LogP contribution in [0.15, 0.2) is 42.7 Å². The summed E-state index contributed by atoms with van der Waals surface area (Å²) < 4.78 is 4.31. The van der Waals surface area contributed by atoms with Crippen LogP contribution in [0.4, 0.5) is 0 Å². The van der Waals surface area contributed by atoms with Gasteiger partial charge in [-0.2, -0.15) is 0 Å². The zero-order valence-corrected chi connectivity index (χ0v) is 12.5. The van der Waals surface area contributed by atoms with E-state index in [2.05, 4.69) is 34.4 Å². The second kappa shape index (κ2) is 7.62. The molecule has 0 bridgehead atoms. The van der Waals surface area contributed by atoms with Gasteiger partial charge < -0.3 is 5.11 Å². The van der Waals surface area contributed by atoms with E-state index in [4.69, 9.17) is 5.11 Å². The topological polar surface area (TPSA) is 46.1 Å². The molecule has 0 fully saturated rings. The number of imidazole rings is 1. The molecule has 0 amide bonds. The van der Waals surface area contributed by atoms with Crippen molar-refractivity contribution in [1.29, 1.82) is 0 Å². The Hall–Kier alpha value is -2.10. The number of hydrogen-bond acceptors (Lipinski definition) is 1. The predicted molar refractivity (Wildman–Crippen MR) is 81.0 cm³/mol. The lowest BCUT2D eigenvalue weighted by Crippen LogP contribution is -2.38. The Morgan fingerprint density at radius 2 is 2.05 bits per heavy atom. The van der Waals surface area contributed by atoms with Crippen LogP contribution in [-0.2, 0) is 24.3 Å². The minimum absolute atomic E-state index is 0.166. The first-order valence-corrected chi connectivity index (χ1v) is 7.54. The molecule has 112 valence electrons. The van der Waals surface area contributed by atoms with Crippen molar-refractivity contribution in [3.63, 3.8) is 0 Å². The molecule has 2 rings (SSSR count). The van der Waals surface area contributed by atoms with Crippen LogP contribution >= 0.6 is 0 Å². The highest BCUT2D eigenvalue weighted by atomic mass is 16.4. The number of aromatic nitrogens is 2. The fourth-order valence-corrected chi connectivity index (χ4v) is 2.46. The van der Waals surface area contributed by atoms with Crippen LogP contribution in [0.5, 0.6) is 0 Å². The Morgan fingerprint density at radius 1 is 1.29 bits per heavy atom. The van der Waals surface area contributed by atoms with Gasteiger partial charge in [0.25, 0.3) is 5.82 Å². The van der Waals surface area contributed by atoms with E-state index in [1.165, 1.54) is 11.4 Å². The quantitative estimate of drug-likeness (QED) is 0.759. The molecule has 1 heterocycles. The van der Waals surface area contributed by atoms with E-state index < -0.39 is 5.97 Å². The minimum atomic E-state index is -0.750. The van der Waals surface area contributed by atoms with Crippen LogP contribution in [0.1, 0.15) is 37.6 Å². The molecule has 4 heteroatoms. The zero-order chi connectivity index (χ0) is 15.1. The van der Waals surface area contributed by atoms with Crippen molar-refractivity contribution in [2.24, 2.45) is 0 Å². The molecule has 1 aromatic heterocycles. The van der Waals surface area contributed by atoms with Crippen molar-refractivity contribution >= 4 is 5.97 Å². The largest absolute Gasteiger partial charge is 0.481 e. The molecule has 0 aliphatic heterocycles. The number of aryl methyl sites for hydroxylation is 1. The maximum atomic E-state index is 10.8. The van der Waals surface area contributed by atoms with Gasteiger partial charge in [0, 0.05) is 6.42 Å². The van der Waals surface area contributed by atoms with Crippen LogP contribution in [0, 0.1) is 0 Å². The molecule has 0 saturated heterocycles. The number of benzene rings is 1. The fraction of sp³-hybridized carbons (Fsp3) is 0.412. The van der Waals surface area contributed by atoms with Crippen molar-refractivity contribution in [3.8, 4) is 0 Å². The van der Waals surface area contributed by atoms with Crippen molar-refractivity contribution in [2.75, 3.05) is 0 Å². The first-order valence-electron chi connectivity index (χ1n) is 7.54. The summed E-state index contributed by atoms with van der Waals surface area (Å²) in [5.41, 5.74) is 1.26. The predicted octanol–water partition coefficient (Wildman–Crippen LogP) is 2.64. The summed E-state index contributed by atoms with van der Waals surface area (Å²) in [6.07, 6.45) is 7.45. The summed E-state index contributed by atoms with van der Waals surface area (Å²) in [5.74, 6) is 0.460. The number of carboxylic acid groups (broad SMARTS) is 1. The Labute approximate surface area is 125 Å². The number of unbranched alkanes of at least 4 members (excludes halogenated alkanes) is 1. The fourth-order valence-electron chi connectivity index (χ4n) is 2.46. The van der Waals surface area contributed by atoms with Crippen molar-refractivity contribution in [3.05, 3.63) is 54.1 Å². The minimum Gasteiger partial charge on any atom is -0.481 e. The molecule has 1 N–H and O–H groups in total. The lowest BCUT2D eigenvalue weighted by molar-refractivity contribution is -0.695. The number of nitrogens with zero attached hydrogens (tertiary/aromatic N) is 2. The molecule has 0 atom stereocenters. The summed E-state index contributed by atoms with van der Waals surface area (Å²) in [7, 11) is 0. The van der Waals surface area contributed by atoms with E-state index in [1.807, 2.05) is 24.4 Å². The summed E-state index contributed by atoms with van der Waals surface area (Å²) in [4.78, 5) is 10.8. The third-order valence-electron chi connectivity index (χ3n) is 3.61. The number of hydrogen-bond donors (Lipinski definition) is 1. The molecule has 0 spiro atoms. The van der Waals surface area contributed by atoms with E-state index in [9.17, 15) is 4.79 Å². The van der Waals surface area contributed by atoms with Gasteiger partial charge in [0.2, 0.25) is 0 Å². The lowest BCUT2D eigenvalue weighted by Gasteiger charge is -2.05. The van der Waals surface area contributed by atoms with Gasteiger partial charge in [0.1, 0.15) is 25.5 Å². The average Bonchev–Trinajstić information content (AvgIpc) is 2.86. The first kappa shape index (κ1) is 15.3. The van der Waals surface area contributed by atoms with Gasteiger partial charge in [0.15, 0.2) is 0 Å². The molecule has 0 radical (unpaired) electrons. The highest BCUT2D eigenvalue weighted by Gasteiger charge is 2.17. The molecule has 0 saturated carbocycles. The van der Waals surface area contributed by atoms with Crippen LogP contribution in [0.25, 0.3) is 0 Å². The van der Waals surface area contributed by atoms with Crippen LogP contribution in [0.3, 0.4) is 0 Å². The number of aliphatic carboxylic acids is 1. The highest BCUT2D eigenvalue weighted by molar-refractivity contribution is 5.66. The maximum absolute atomic E-state index is 10.8. The van der Waals surface area contributed by atoms with E-state index in [-0.39, 0.29) is 6.42 Å². The molecular weight excluding hydrogens is 264 g/mol. The van der Waals surface area contributed by atoms with Gasteiger partial charge in [-0.15, -0.1) is 0 Å². The van der Waals surface area contributed by atoms with Crippen LogP contribution in [0.2, 0.25) is 0 Å². The normalized spacial score (nSPS) is 10.7. The van der Waals surface area contributed by atoms with E-state index in [0.29, 0.717) is 6.54 Å². The number of carbonyl (C=O) groups is 1. The first-order chi connectivity index (χ1) is 10.2. The SMILES string of the molecule is CCCCc1n(CCC(=O)O)cc[n+]1Cc1ccccc1. The lowest BCUT2D eigenvalue weighted by atomic mass is 10.2. The highest BCUT2D eigenvalue weighted by Crippen LogP contribution is 2.06. The molecule has 21 heavy (non-hydrogen) atoms. The van der Waals surface area contributed by atoms with E-state index in [1.54, 1.807) is 0 Å². The van der Waals surface area contributed by atoms with Gasteiger partial charge in [0.05, 0.1) is 6.42 Å². The van der Waals surface area contributed by atoms with E-state index in [0.717, 1.165) is 25.8 Å². The summed E-state index contributed by atoms with van der Waals surface area (Å²) in [6, 6.07) is 10.3. The smallest absolute Gasteiger partial charge is 0.307 e. The van der Waals surface area contributed by atoms with Gasteiger partial charge >= 0.3 is 5.97 Å². The molecule has 0 unspecified atom stereocenters. The summed E-state index contributed by atoms with van der Waals surface area (Å²) >= 11 is 0. The third kappa shape index (κ3) is 4.45. The van der Waals surface area contributed by atoms with Crippen molar-refractivity contribution < 1.29 is 14.5 Å². The van der Waals surface area contributed by atoms with Crippen LogP contribution < -0.4 is 4.57 Å². The van der Waals surface area contributed by atoms with Crippen molar-refractivity contribution in [2.45, 2.75) is 45.7 Å². The Bertz CT molecular complexity index is 576. The molecule has 0 aliphatic rings. The molecule has 2 aromatic rings.